The van der Waals surface area contributed by atoms with E-state index in [4.69, 9.17) is 0 Å². The molecule has 0 aliphatic rings. The summed E-state index contributed by atoms with van der Waals surface area (Å²) in [5, 5.41) is 12.3. The van der Waals surface area contributed by atoms with Crippen molar-refractivity contribution in [1.82, 2.24) is 0 Å². The fraction of sp³-hybridized carbons (Fsp3) is 0.867. The zero-order valence-corrected chi connectivity index (χ0v) is 22.2. The van der Waals surface area contributed by atoms with Crippen molar-refractivity contribution in [2.45, 2.75) is 155 Å². The molecule has 0 fully saturated rings. The molecule has 0 saturated carbocycles. The van der Waals surface area contributed by atoms with Crippen LogP contribution in [0, 0.1) is 5.21 Å². The Morgan fingerprint density at radius 1 is 0.406 bits per heavy atom. The quantitative estimate of drug-likeness (QED) is 0.0795. The standard InChI is InChI=1S/C30H59NO/c1-3-5-7-9-11-13-15-17-19-21-23-25-27-29-31(32)30-28-26-24-22-20-18-16-14-12-10-8-6-4-2/h25-28,31H,3-24,29-30H2,1-2H3. The molecule has 0 aromatic rings. The first-order chi connectivity index (χ1) is 15.8. The van der Waals surface area contributed by atoms with Crippen molar-refractivity contribution in [3.8, 4) is 0 Å². The van der Waals surface area contributed by atoms with Crippen LogP contribution in [0.25, 0.3) is 0 Å². The smallest absolute Gasteiger partial charge is 0.0957 e. The molecule has 0 radical (unpaired) electrons. The molecule has 0 aliphatic carbocycles. The third-order valence-corrected chi connectivity index (χ3v) is 6.47. The van der Waals surface area contributed by atoms with E-state index in [0.717, 1.165) is 12.8 Å². The van der Waals surface area contributed by atoms with Crippen molar-refractivity contribution < 1.29 is 5.06 Å². The molecule has 0 spiro atoms. The van der Waals surface area contributed by atoms with E-state index in [-0.39, 0.29) is 0 Å². The number of hydrogen-bond acceptors (Lipinski definition) is 1. The van der Waals surface area contributed by atoms with Crippen LogP contribution in [-0.2, 0) is 0 Å². The number of allylic oxidation sites excluding steroid dienone is 2. The second-order valence-electron chi connectivity index (χ2n) is 9.83. The maximum Gasteiger partial charge on any atom is 0.0957 e. The van der Waals surface area contributed by atoms with Gasteiger partial charge in [0, 0.05) is 0 Å². The highest BCUT2D eigenvalue weighted by molar-refractivity contribution is 4.83. The second-order valence-corrected chi connectivity index (χ2v) is 9.83. The lowest BCUT2D eigenvalue weighted by atomic mass is 10.1. The van der Waals surface area contributed by atoms with Gasteiger partial charge in [0.25, 0.3) is 0 Å². The van der Waals surface area contributed by atoms with Crippen molar-refractivity contribution in [1.29, 1.82) is 0 Å². The topological polar surface area (TPSA) is 27.5 Å². The lowest BCUT2D eigenvalue weighted by Gasteiger charge is -2.18. The van der Waals surface area contributed by atoms with Gasteiger partial charge in [-0.05, 0) is 37.8 Å². The molecule has 1 N–H and O–H groups in total. The Morgan fingerprint density at radius 3 is 1.00 bits per heavy atom. The maximum atomic E-state index is 11.9. The van der Waals surface area contributed by atoms with Crippen LogP contribution in [0.4, 0.5) is 0 Å². The van der Waals surface area contributed by atoms with Crippen LogP contribution in [0.1, 0.15) is 155 Å². The monoisotopic (exact) mass is 449 g/mol. The molecule has 0 aromatic carbocycles. The average molecular weight is 450 g/mol. The van der Waals surface area contributed by atoms with Gasteiger partial charge in [0.05, 0.1) is 13.1 Å². The summed E-state index contributed by atoms with van der Waals surface area (Å²) in [6.07, 6.45) is 38.6. The molecular formula is C30H59NO. The third kappa shape index (κ3) is 27.4. The fourth-order valence-electron chi connectivity index (χ4n) is 4.25. The largest absolute Gasteiger partial charge is 0.634 e. The summed E-state index contributed by atoms with van der Waals surface area (Å²) in [5.74, 6) is 0. The van der Waals surface area contributed by atoms with E-state index in [1.54, 1.807) is 0 Å². The lowest BCUT2D eigenvalue weighted by molar-refractivity contribution is -0.834. The Labute approximate surface area is 202 Å². The molecule has 0 aliphatic heterocycles. The maximum absolute atomic E-state index is 11.9. The van der Waals surface area contributed by atoms with Gasteiger partial charge in [0.1, 0.15) is 0 Å². The summed E-state index contributed by atoms with van der Waals surface area (Å²) in [6, 6.07) is 0. The molecular weight excluding hydrogens is 390 g/mol. The highest BCUT2D eigenvalue weighted by atomic mass is 16.5. The zero-order valence-electron chi connectivity index (χ0n) is 22.2. The number of rotatable bonds is 26. The van der Waals surface area contributed by atoms with Crippen molar-refractivity contribution in [3.63, 3.8) is 0 Å². The molecule has 2 heteroatoms. The summed E-state index contributed by atoms with van der Waals surface area (Å²) in [6.45, 7) is 5.78. The van der Waals surface area contributed by atoms with E-state index in [0.29, 0.717) is 18.2 Å². The van der Waals surface area contributed by atoms with Crippen molar-refractivity contribution in [3.05, 3.63) is 29.5 Å². The van der Waals surface area contributed by atoms with Crippen molar-refractivity contribution in [2.75, 3.05) is 13.1 Å². The van der Waals surface area contributed by atoms with Gasteiger partial charge in [-0.15, -0.1) is 0 Å². The SMILES string of the molecule is CCCCCCCCCCCCC=CC[NH+]([O-])CC=CCCCCCCCCCCCC. The van der Waals surface area contributed by atoms with Gasteiger partial charge in [-0.2, -0.15) is 0 Å². The van der Waals surface area contributed by atoms with E-state index < -0.39 is 0 Å². The molecule has 0 heterocycles. The summed E-state index contributed by atoms with van der Waals surface area (Å²) < 4.78 is 0. The number of hydroxylamine groups is 2. The summed E-state index contributed by atoms with van der Waals surface area (Å²) >= 11 is 0. The van der Waals surface area contributed by atoms with Gasteiger partial charge in [-0.3, -0.25) is 0 Å². The first kappa shape index (κ1) is 31.4. The first-order valence-electron chi connectivity index (χ1n) is 14.6. The van der Waals surface area contributed by atoms with E-state index >= 15 is 0 Å². The molecule has 0 saturated heterocycles. The van der Waals surface area contributed by atoms with Crippen LogP contribution in [-0.4, -0.2) is 13.1 Å². The average Bonchev–Trinajstić information content (AvgIpc) is 2.80. The number of nitrogens with one attached hydrogen (secondary N) is 1. The third-order valence-electron chi connectivity index (χ3n) is 6.47. The minimum Gasteiger partial charge on any atom is -0.634 e. The Hall–Kier alpha value is -0.600. The van der Waals surface area contributed by atoms with Crippen molar-refractivity contribution in [2.24, 2.45) is 0 Å². The second kappa shape index (κ2) is 28.4. The first-order valence-corrected chi connectivity index (χ1v) is 14.6. The van der Waals surface area contributed by atoms with Gasteiger partial charge in [-0.1, -0.05) is 142 Å². The Morgan fingerprint density at radius 2 is 0.688 bits per heavy atom. The molecule has 2 nitrogen and oxygen atoms in total. The molecule has 32 heavy (non-hydrogen) atoms. The Balaban J connectivity index is 3.30. The minimum absolute atomic E-state index is 0.351. The number of hydrogen-bond donors (Lipinski definition) is 1. The van der Waals surface area contributed by atoms with Gasteiger partial charge >= 0.3 is 0 Å². The van der Waals surface area contributed by atoms with E-state index in [1.807, 2.05) is 0 Å². The molecule has 0 amide bonds. The zero-order chi connectivity index (χ0) is 23.4. The normalized spacial score (nSPS) is 13.0. The van der Waals surface area contributed by atoms with Crippen LogP contribution in [0.3, 0.4) is 0 Å². The predicted molar refractivity (Wildman–Crippen MR) is 145 cm³/mol. The Bertz CT molecular complexity index is 354. The summed E-state index contributed by atoms with van der Waals surface area (Å²) in [7, 11) is 0. The van der Waals surface area contributed by atoms with Crippen LogP contribution < -0.4 is 5.06 Å². The van der Waals surface area contributed by atoms with E-state index in [9.17, 15) is 5.21 Å². The lowest BCUT2D eigenvalue weighted by Crippen LogP contribution is -3.06. The van der Waals surface area contributed by atoms with Gasteiger partial charge < -0.3 is 10.3 Å². The molecule has 0 unspecified atom stereocenters. The van der Waals surface area contributed by atoms with Crippen LogP contribution in [0.15, 0.2) is 24.3 Å². The Kier molecular flexibility index (Phi) is 27.9. The van der Waals surface area contributed by atoms with Crippen LogP contribution >= 0.6 is 0 Å². The molecule has 0 atom stereocenters. The van der Waals surface area contributed by atoms with Crippen LogP contribution in [0.5, 0.6) is 0 Å². The van der Waals surface area contributed by atoms with Gasteiger partial charge in [0.15, 0.2) is 0 Å². The van der Waals surface area contributed by atoms with Gasteiger partial charge in [-0.25, -0.2) is 0 Å². The summed E-state index contributed by atoms with van der Waals surface area (Å²) in [4.78, 5) is 0. The highest BCUT2D eigenvalue weighted by Crippen LogP contribution is 2.12. The summed E-state index contributed by atoms with van der Waals surface area (Å²) in [5.41, 5.74) is 0. The van der Waals surface area contributed by atoms with Gasteiger partial charge in [0.2, 0.25) is 0 Å². The molecule has 190 valence electrons. The van der Waals surface area contributed by atoms with Crippen LogP contribution in [0.2, 0.25) is 0 Å². The highest BCUT2D eigenvalue weighted by Gasteiger charge is 1.94. The number of unbranched alkanes of at least 4 members (excludes halogenated alkanes) is 20. The molecule has 0 bridgehead atoms. The number of quaternary nitrogens is 1. The predicted octanol–water partition coefficient (Wildman–Crippen LogP) is 9.10. The van der Waals surface area contributed by atoms with E-state index in [2.05, 4.69) is 38.2 Å². The van der Waals surface area contributed by atoms with E-state index in [1.165, 1.54) is 128 Å². The molecule has 0 aromatic heterocycles. The fourth-order valence-corrected chi connectivity index (χ4v) is 4.25. The molecule has 0 rings (SSSR count). The minimum atomic E-state index is 0.351. The van der Waals surface area contributed by atoms with Crippen molar-refractivity contribution >= 4 is 0 Å².